The molecule has 0 saturated heterocycles. The number of nitrogens with one attached hydrogen (secondary N) is 1. The zero-order valence-corrected chi connectivity index (χ0v) is 15.8. The van der Waals surface area contributed by atoms with E-state index in [1.54, 1.807) is 0 Å². The number of nitrogens with zero attached hydrogens (tertiary/aromatic N) is 3. The van der Waals surface area contributed by atoms with Gasteiger partial charge in [0.15, 0.2) is 5.82 Å². The normalized spacial score (nSPS) is 10.8. The van der Waals surface area contributed by atoms with Crippen LogP contribution < -0.4 is 10.2 Å². The van der Waals surface area contributed by atoms with Crippen LogP contribution in [0.1, 0.15) is 5.56 Å². The van der Waals surface area contributed by atoms with Gasteiger partial charge in [0, 0.05) is 36.4 Å². The summed E-state index contributed by atoms with van der Waals surface area (Å²) in [5, 5.41) is 4.47. The molecule has 0 aliphatic rings. The molecule has 0 spiro atoms. The first kappa shape index (κ1) is 17.0. The monoisotopic (exact) mass is 354 g/mol. The number of para-hydroxylation sites is 1. The number of hydrogen-bond acceptors (Lipinski definition) is 4. The summed E-state index contributed by atoms with van der Waals surface area (Å²) < 4.78 is 0. The third-order valence-electron chi connectivity index (χ3n) is 4.56. The molecule has 0 saturated carbocycles. The molecule has 0 aliphatic heterocycles. The summed E-state index contributed by atoms with van der Waals surface area (Å²) in [7, 11) is 4.07. The zero-order chi connectivity index (χ0) is 18.8. The van der Waals surface area contributed by atoms with Crippen molar-refractivity contribution in [2.45, 2.75) is 6.92 Å². The van der Waals surface area contributed by atoms with Crippen molar-refractivity contribution in [2.75, 3.05) is 24.3 Å². The fourth-order valence-corrected chi connectivity index (χ4v) is 2.98. The molecule has 4 heteroatoms. The van der Waals surface area contributed by atoms with Crippen LogP contribution in [-0.2, 0) is 0 Å². The Labute approximate surface area is 159 Å². The fourth-order valence-electron chi connectivity index (χ4n) is 2.98. The predicted molar refractivity (Wildman–Crippen MR) is 114 cm³/mol. The quantitative estimate of drug-likeness (QED) is 0.532. The lowest BCUT2D eigenvalue weighted by Gasteiger charge is -2.14. The van der Waals surface area contributed by atoms with Crippen LogP contribution in [0.25, 0.3) is 22.3 Å². The van der Waals surface area contributed by atoms with Crippen molar-refractivity contribution in [1.29, 1.82) is 0 Å². The summed E-state index contributed by atoms with van der Waals surface area (Å²) in [6.45, 7) is 2.08. The van der Waals surface area contributed by atoms with Crippen LogP contribution >= 0.6 is 0 Å². The number of fused-ring (bicyclic) bond motifs is 1. The Morgan fingerprint density at radius 1 is 0.778 bits per heavy atom. The van der Waals surface area contributed by atoms with Crippen molar-refractivity contribution in [3.63, 3.8) is 0 Å². The van der Waals surface area contributed by atoms with Crippen molar-refractivity contribution in [2.24, 2.45) is 0 Å². The van der Waals surface area contributed by atoms with E-state index >= 15 is 0 Å². The molecular formula is C23H22N4. The first-order chi connectivity index (χ1) is 13.1. The summed E-state index contributed by atoms with van der Waals surface area (Å²) in [4.78, 5) is 11.7. The number of anilines is 3. The topological polar surface area (TPSA) is 41.1 Å². The minimum Gasteiger partial charge on any atom is -0.378 e. The SMILES string of the molecule is Cc1ccc(-c2nc(Nc3ccc(N(C)C)cc3)c3ccccc3n2)cc1. The largest absolute Gasteiger partial charge is 0.378 e. The minimum absolute atomic E-state index is 0.723. The van der Waals surface area contributed by atoms with Crippen molar-refractivity contribution in [3.8, 4) is 11.4 Å². The Morgan fingerprint density at radius 3 is 2.19 bits per heavy atom. The molecule has 4 rings (SSSR count). The smallest absolute Gasteiger partial charge is 0.162 e. The first-order valence-corrected chi connectivity index (χ1v) is 8.98. The maximum Gasteiger partial charge on any atom is 0.162 e. The Kier molecular flexibility index (Phi) is 4.47. The lowest BCUT2D eigenvalue weighted by Crippen LogP contribution is -2.08. The van der Waals surface area contributed by atoms with Crippen LogP contribution in [0.3, 0.4) is 0 Å². The van der Waals surface area contributed by atoms with E-state index in [0.29, 0.717) is 0 Å². The molecule has 0 unspecified atom stereocenters. The van der Waals surface area contributed by atoms with E-state index in [2.05, 4.69) is 65.7 Å². The third kappa shape index (κ3) is 3.60. The number of aryl methyl sites for hydroxylation is 1. The average molecular weight is 354 g/mol. The van der Waals surface area contributed by atoms with Crippen LogP contribution in [-0.4, -0.2) is 24.1 Å². The molecule has 134 valence electrons. The van der Waals surface area contributed by atoms with E-state index in [4.69, 9.17) is 9.97 Å². The molecule has 1 aromatic heterocycles. The molecule has 0 atom stereocenters. The van der Waals surface area contributed by atoms with Crippen LogP contribution in [0.4, 0.5) is 17.2 Å². The van der Waals surface area contributed by atoms with Gasteiger partial charge >= 0.3 is 0 Å². The summed E-state index contributed by atoms with van der Waals surface area (Å²) in [6, 6.07) is 24.7. The predicted octanol–water partition coefficient (Wildman–Crippen LogP) is 5.41. The highest BCUT2D eigenvalue weighted by Gasteiger charge is 2.10. The highest BCUT2D eigenvalue weighted by Crippen LogP contribution is 2.28. The summed E-state index contributed by atoms with van der Waals surface area (Å²) in [5.41, 5.74) is 5.32. The zero-order valence-electron chi connectivity index (χ0n) is 15.8. The van der Waals surface area contributed by atoms with Gasteiger partial charge in [0.05, 0.1) is 5.52 Å². The second kappa shape index (κ2) is 7.08. The van der Waals surface area contributed by atoms with E-state index < -0.39 is 0 Å². The molecule has 27 heavy (non-hydrogen) atoms. The second-order valence-corrected chi connectivity index (χ2v) is 6.85. The molecule has 4 nitrogen and oxygen atoms in total. The third-order valence-corrected chi connectivity index (χ3v) is 4.56. The van der Waals surface area contributed by atoms with Gasteiger partial charge < -0.3 is 10.2 Å². The van der Waals surface area contributed by atoms with Gasteiger partial charge in [-0.1, -0.05) is 42.0 Å². The highest BCUT2D eigenvalue weighted by molar-refractivity contribution is 5.92. The minimum atomic E-state index is 0.723. The van der Waals surface area contributed by atoms with Gasteiger partial charge in [0.1, 0.15) is 5.82 Å². The summed E-state index contributed by atoms with van der Waals surface area (Å²) in [5.74, 6) is 1.54. The second-order valence-electron chi connectivity index (χ2n) is 6.85. The van der Waals surface area contributed by atoms with Crippen molar-refractivity contribution >= 4 is 28.1 Å². The van der Waals surface area contributed by atoms with E-state index in [0.717, 1.165) is 39.5 Å². The summed E-state index contributed by atoms with van der Waals surface area (Å²) >= 11 is 0. The Morgan fingerprint density at radius 2 is 1.48 bits per heavy atom. The van der Waals surface area contributed by atoms with Crippen LogP contribution in [0.15, 0.2) is 72.8 Å². The van der Waals surface area contributed by atoms with Gasteiger partial charge in [0.2, 0.25) is 0 Å². The standard InChI is InChI=1S/C23H22N4/c1-16-8-10-17(11-9-16)22-25-21-7-5-4-6-20(21)23(26-22)24-18-12-14-19(15-13-18)27(2)3/h4-15H,1-3H3,(H,24,25,26). The van der Waals surface area contributed by atoms with Gasteiger partial charge in [-0.3, -0.25) is 0 Å². The molecule has 0 fully saturated rings. The van der Waals surface area contributed by atoms with E-state index in [1.807, 2.05) is 38.4 Å². The molecule has 4 aromatic rings. The molecule has 3 aromatic carbocycles. The van der Waals surface area contributed by atoms with Gasteiger partial charge in [-0.15, -0.1) is 0 Å². The van der Waals surface area contributed by atoms with E-state index in [9.17, 15) is 0 Å². The van der Waals surface area contributed by atoms with E-state index in [-0.39, 0.29) is 0 Å². The van der Waals surface area contributed by atoms with Gasteiger partial charge in [-0.25, -0.2) is 9.97 Å². The maximum atomic E-state index is 4.82. The van der Waals surface area contributed by atoms with Crippen LogP contribution in [0.5, 0.6) is 0 Å². The maximum absolute atomic E-state index is 4.82. The van der Waals surface area contributed by atoms with Gasteiger partial charge in [0.25, 0.3) is 0 Å². The first-order valence-electron chi connectivity index (χ1n) is 8.98. The number of rotatable bonds is 4. The molecule has 0 amide bonds. The average Bonchev–Trinajstić information content (AvgIpc) is 2.69. The number of aromatic nitrogens is 2. The lowest BCUT2D eigenvalue weighted by molar-refractivity contribution is 1.13. The Hall–Kier alpha value is -3.40. The van der Waals surface area contributed by atoms with Crippen LogP contribution in [0.2, 0.25) is 0 Å². The van der Waals surface area contributed by atoms with Crippen molar-refractivity contribution in [1.82, 2.24) is 9.97 Å². The molecule has 0 radical (unpaired) electrons. The highest BCUT2D eigenvalue weighted by atomic mass is 15.1. The number of hydrogen-bond donors (Lipinski definition) is 1. The molecule has 1 heterocycles. The molecular weight excluding hydrogens is 332 g/mol. The Balaban J connectivity index is 1.77. The lowest BCUT2D eigenvalue weighted by atomic mass is 10.1. The van der Waals surface area contributed by atoms with Crippen molar-refractivity contribution in [3.05, 3.63) is 78.4 Å². The summed E-state index contributed by atoms with van der Waals surface area (Å²) in [6.07, 6.45) is 0. The Bertz CT molecular complexity index is 1070. The van der Waals surface area contributed by atoms with Crippen molar-refractivity contribution < 1.29 is 0 Å². The number of benzene rings is 3. The molecule has 0 bridgehead atoms. The molecule has 0 aliphatic carbocycles. The fraction of sp³-hybridized carbons (Fsp3) is 0.130. The van der Waals surface area contributed by atoms with Crippen LogP contribution in [0, 0.1) is 6.92 Å². The molecule has 1 N–H and O–H groups in total. The van der Waals surface area contributed by atoms with E-state index in [1.165, 1.54) is 5.56 Å². The van der Waals surface area contributed by atoms with Gasteiger partial charge in [-0.05, 0) is 43.3 Å². The van der Waals surface area contributed by atoms with Gasteiger partial charge in [-0.2, -0.15) is 0 Å².